The molecule has 2 N–H and O–H groups in total. The summed E-state index contributed by atoms with van der Waals surface area (Å²) < 4.78 is 0. The van der Waals surface area contributed by atoms with Crippen molar-refractivity contribution in [3.05, 3.63) is 6.26 Å². The van der Waals surface area contributed by atoms with E-state index in [1.165, 1.54) is 21.6 Å². The molecule has 0 aromatic carbocycles. The number of carbonyl (C=O) groups excluding carboxylic acids is 1. The molecule has 0 atom stereocenters. The van der Waals surface area contributed by atoms with E-state index in [9.17, 15) is 4.79 Å². The summed E-state index contributed by atoms with van der Waals surface area (Å²) in [5.41, 5.74) is 0. The maximum Gasteiger partial charge on any atom is 0.315 e. The van der Waals surface area contributed by atoms with Crippen molar-refractivity contribution < 1.29 is 4.79 Å². The summed E-state index contributed by atoms with van der Waals surface area (Å²) in [7, 11) is 2.88. The Morgan fingerprint density at radius 3 is 2.80 bits per heavy atom. The zero-order valence-electron chi connectivity index (χ0n) is 5.85. The van der Waals surface area contributed by atoms with Gasteiger partial charge in [0, 0.05) is 12.8 Å². The molecular weight excluding hydrogens is 168 g/mol. The first kappa shape index (κ1) is 9.97. The van der Waals surface area contributed by atoms with Crippen molar-refractivity contribution in [3.8, 4) is 0 Å². The van der Waals surface area contributed by atoms with E-state index in [0.29, 0.717) is 12.4 Å². The molecule has 1 radical (unpaired) electrons. The first-order valence-electron chi connectivity index (χ1n) is 2.86. The van der Waals surface area contributed by atoms with E-state index in [4.69, 9.17) is 0 Å². The van der Waals surface area contributed by atoms with Gasteiger partial charge in [-0.15, -0.1) is 0 Å². The van der Waals surface area contributed by atoms with Gasteiger partial charge in [0.15, 0.2) is 0 Å². The molecule has 0 aliphatic carbocycles. The molecule has 0 unspecified atom stereocenters. The van der Waals surface area contributed by atoms with Gasteiger partial charge in [-0.3, -0.25) is 0 Å². The minimum absolute atomic E-state index is 0.121. The Morgan fingerprint density at radius 2 is 2.30 bits per heavy atom. The van der Waals surface area contributed by atoms with Gasteiger partial charge < -0.3 is 10.6 Å². The lowest BCUT2D eigenvalue weighted by Gasteiger charge is -2.02. The molecular formula is C5H11N2OS2. The van der Waals surface area contributed by atoms with Crippen LogP contribution in [0.3, 0.4) is 0 Å². The van der Waals surface area contributed by atoms with Crippen LogP contribution in [0.25, 0.3) is 0 Å². The van der Waals surface area contributed by atoms with Crippen LogP contribution in [0.4, 0.5) is 4.79 Å². The fraction of sp³-hybridized carbons (Fsp3) is 0.600. The van der Waals surface area contributed by atoms with Gasteiger partial charge >= 0.3 is 6.03 Å². The van der Waals surface area contributed by atoms with Crippen LogP contribution in [0.1, 0.15) is 6.92 Å². The number of nitrogens with one attached hydrogen (secondary N) is 2. The van der Waals surface area contributed by atoms with Crippen LogP contribution in [-0.4, -0.2) is 18.5 Å². The van der Waals surface area contributed by atoms with Crippen molar-refractivity contribution in [2.45, 2.75) is 6.92 Å². The number of hydrogen-bond acceptors (Lipinski definition) is 3. The number of amides is 2. The van der Waals surface area contributed by atoms with E-state index in [1.807, 2.05) is 6.92 Å². The lowest BCUT2D eigenvalue weighted by Crippen LogP contribution is -2.34. The van der Waals surface area contributed by atoms with E-state index in [-0.39, 0.29) is 6.03 Å². The Bertz CT molecular complexity index is 99.6. The highest BCUT2D eigenvalue weighted by Crippen LogP contribution is 2.15. The average molecular weight is 179 g/mol. The molecule has 0 spiro atoms. The maximum atomic E-state index is 10.7. The Hall–Kier alpha value is -0.0300. The maximum absolute atomic E-state index is 10.7. The van der Waals surface area contributed by atoms with Gasteiger partial charge in [0.05, 0.1) is 5.88 Å². The third-order valence-electron chi connectivity index (χ3n) is 0.712. The molecule has 0 saturated carbocycles. The largest absolute Gasteiger partial charge is 0.338 e. The molecule has 0 aliphatic heterocycles. The van der Waals surface area contributed by atoms with Crippen molar-refractivity contribution in [3.63, 3.8) is 0 Å². The third-order valence-corrected chi connectivity index (χ3v) is 1.99. The number of hydrogen-bond donors (Lipinski definition) is 2. The van der Waals surface area contributed by atoms with Crippen LogP contribution in [-0.2, 0) is 0 Å². The summed E-state index contributed by atoms with van der Waals surface area (Å²) in [4.78, 5) is 10.7. The first-order chi connectivity index (χ1) is 4.81. The normalized spacial score (nSPS) is 9.00. The monoisotopic (exact) mass is 179 g/mol. The van der Waals surface area contributed by atoms with Gasteiger partial charge in [0.2, 0.25) is 0 Å². The average Bonchev–Trinajstić information content (AvgIpc) is 1.89. The van der Waals surface area contributed by atoms with E-state index in [0.717, 1.165) is 0 Å². The molecule has 0 fully saturated rings. The molecule has 0 rings (SSSR count). The smallest absolute Gasteiger partial charge is 0.315 e. The highest BCUT2D eigenvalue weighted by molar-refractivity contribution is 8.77. The Labute approximate surface area is 69.1 Å². The molecule has 59 valence electrons. The second-order valence-corrected chi connectivity index (χ2v) is 3.59. The van der Waals surface area contributed by atoms with E-state index in [2.05, 4.69) is 16.9 Å². The number of carbonyl (C=O) groups is 1. The Morgan fingerprint density at radius 1 is 1.60 bits per heavy atom. The Kier molecular flexibility index (Phi) is 7.06. The molecule has 0 aromatic heterocycles. The fourth-order valence-electron chi connectivity index (χ4n) is 0.360. The summed E-state index contributed by atoms with van der Waals surface area (Å²) >= 11 is 0. The van der Waals surface area contributed by atoms with Gasteiger partial charge in [-0.25, -0.2) is 4.79 Å². The molecule has 0 bridgehead atoms. The van der Waals surface area contributed by atoms with Crippen molar-refractivity contribution in [1.29, 1.82) is 0 Å². The predicted molar refractivity (Wildman–Crippen MR) is 47.6 cm³/mol. The molecule has 3 nitrogen and oxygen atoms in total. The van der Waals surface area contributed by atoms with Crippen LogP contribution in [0.2, 0.25) is 0 Å². The van der Waals surface area contributed by atoms with Crippen LogP contribution in [0.5, 0.6) is 0 Å². The summed E-state index contributed by atoms with van der Waals surface area (Å²) in [6.07, 6.45) is 3.54. The zero-order chi connectivity index (χ0) is 7.82. The van der Waals surface area contributed by atoms with Crippen LogP contribution in [0.15, 0.2) is 0 Å². The molecule has 0 aliphatic rings. The second-order valence-electron chi connectivity index (χ2n) is 1.42. The lowest BCUT2D eigenvalue weighted by atomic mass is 10.7. The van der Waals surface area contributed by atoms with Crippen molar-refractivity contribution in [2.24, 2.45) is 0 Å². The summed E-state index contributed by atoms with van der Waals surface area (Å²) in [5.74, 6) is 0.597. The third kappa shape index (κ3) is 6.10. The van der Waals surface area contributed by atoms with Crippen molar-refractivity contribution in [2.75, 3.05) is 12.4 Å². The zero-order valence-corrected chi connectivity index (χ0v) is 7.48. The molecule has 0 aromatic rings. The van der Waals surface area contributed by atoms with E-state index < -0.39 is 0 Å². The van der Waals surface area contributed by atoms with Crippen LogP contribution < -0.4 is 10.6 Å². The summed E-state index contributed by atoms with van der Waals surface area (Å²) in [5, 5.41) is 5.25. The highest BCUT2D eigenvalue weighted by atomic mass is 33.1. The highest BCUT2D eigenvalue weighted by Gasteiger charge is 1.93. The Balaban J connectivity index is 3.05. The van der Waals surface area contributed by atoms with Crippen molar-refractivity contribution >= 4 is 27.6 Å². The molecule has 2 amide bonds. The summed E-state index contributed by atoms with van der Waals surface area (Å²) in [6.45, 7) is 2.54. The molecule has 10 heavy (non-hydrogen) atoms. The van der Waals surface area contributed by atoms with E-state index in [1.54, 1.807) is 0 Å². The van der Waals surface area contributed by atoms with E-state index >= 15 is 0 Å². The molecule has 5 heteroatoms. The summed E-state index contributed by atoms with van der Waals surface area (Å²) in [6, 6.07) is -0.121. The predicted octanol–water partition coefficient (Wildman–Crippen LogP) is 1.44. The minimum Gasteiger partial charge on any atom is -0.338 e. The topological polar surface area (TPSA) is 41.1 Å². The van der Waals surface area contributed by atoms with Gasteiger partial charge in [0.25, 0.3) is 0 Å². The fourth-order valence-corrected chi connectivity index (χ4v) is 1.06. The minimum atomic E-state index is -0.121. The van der Waals surface area contributed by atoms with Crippen LogP contribution in [0, 0.1) is 6.26 Å². The van der Waals surface area contributed by atoms with Gasteiger partial charge in [-0.2, -0.15) is 0 Å². The molecule has 0 saturated heterocycles. The molecule has 0 heterocycles. The second kappa shape index (κ2) is 7.08. The SMILES string of the molecule is [CH2]SSCNC(=O)NCC. The quantitative estimate of drug-likeness (QED) is 0.390. The van der Waals surface area contributed by atoms with Crippen LogP contribution >= 0.6 is 21.6 Å². The lowest BCUT2D eigenvalue weighted by molar-refractivity contribution is 0.243. The van der Waals surface area contributed by atoms with Gasteiger partial charge in [0.1, 0.15) is 0 Å². The number of urea groups is 1. The van der Waals surface area contributed by atoms with Gasteiger partial charge in [-0.1, -0.05) is 21.6 Å². The van der Waals surface area contributed by atoms with Crippen molar-refractivity contribution in [1.82, 2.24) is 10.6 Å². The van der Waals surface area contributed by atoms with Gasteiger partial charge in [-0.05, 0) is 6.92 Å². The first-order valence-corrected chi connectivity index (χ1v) is 5.35. The number of rotatable bonds is 4. The standard InChI is InChI=1S/C5H11N2OS2/c1-3-6-5(8)7-4-10-9-2/h2-4H2,1H3,(H2,6,7,8).